The van der Waals surface area contributed by atoms with Gasteiger partial charge in [-0.2, -0.15) is 0 Å². The van der Waals surface area contributed by atoms with Gasteiger partial charge in [-0.05, 0) is 49.4 Å². The molecule has 3 aromatic rings. The summed E-state index contributed by atoms with van der Waals surface area (Å²) in [6, 6.07) is 15.0. The lowest BCUT2D eigenvalue weighted by atomic mass is 10.1. The highest BCUT2D eigenvalue weighted by molar-refractivity contribution is 6.30. The van der Waals surface area contributed by atoms with Gasteiger partial charge in [0.1, 0.15) is 5.75 Å². The number of likely N-dealkylation sites (N-methyl/N-ethyl adjacent to an activating group) is 1. The summed E-state index contributed by atoms with van der Waals surface area (Å²) in [4.78, 5) is 35.1. The fraction of sp³-hybridized carbons (Fsp3) is 0.167. The number of carbonyl (C=O) groups is 2. The first kappa shape index (κ1) is 25.3. The molecule has 0 atom stereocenters. The third-order valence-corrected chi connectivity index (χ3v) is 4.83. The van der Waals surface area contributed by atoms with Crippen LogP contribution >= 0.6 is 11.6 Å². The van der Waals surface area contributed by atoms with E-state index in [2.05, 4.69) is 10.6 Å². The number of carbonyl (C=O) groups excluding carboxylic acids is 2. The average Bonchev–Trinajstić information content (AvgIpc) is 2.84. The van der Waals surface area contributed by atoms with Gasteiger partial charge in [0.2, 0.25) is 5.75 Å². The number of nitro groups is 1. The van der Waals surface area contributed by atoms with Crippen LogP contribution in [0.15, 0.2) is 60.7 Å². The van der Waals surface area contributed by atoms with Crippen molar-refractivity contribution in [3.05, 3.63) is 81.4 Å². The normalized spacial score (nSPS) is 10.3. The molecule has 0 aliphatic heterocycles. The van der Waals surface area contributed by atoms with Gasteiger partial charge in [0.15, 0.2) is 18.1 Å². The molecular formula is C24H22ClN3O7. The zero-order valence-electron chi connectivity index (χ0n) is 18.9. The van der Waals surface area contributed by atoms with Crippen LogP contribution in [0.3, 0.4) is 0 Å². The minimum absolute atomic E-state index is 0.0284. The van der Waals surface area contributed by atoms with Crippen molar-refractivity contribution >= 4 is 34.8 Å². The maximum absolute atomic E-state index is 12.8. The summed E-state index contributed by atoms with van der Waals surface area (Å²) in [5.74, 6) is 0.0730. The van der Waals surface area contributed by atoms with Crippen molar-refractivity contribution in [1.29, 1.82) is 0 Å². The predicted octanol–water partition coefficient (Wildman–Crippen LogP) is 4.82. The van der Waals surface area contributed by atoms with Crippen LogP contribution in [0.1, 0.15) is 17.3 Å². The number of benzene rings is 3. The van der Waals surface area contributed by atoms with Crippen molar-refractivity contribution in [2.75, 3.05) is 25.6 Å². The molecule has 10 nitrogen and oxygen atoms in total. The number of amides is 2. The molecule has 0 saturated heterocycles. The van der Waals surface area contributed by atoms with Gasteiger partial charge in [-0.15, -0.1) is 0 Å². The van der Waals surface area contributed by atoms with E-state index in [9.17, 15) is 19.7 Å². The Morgan fingerprint density at radius 2 is 1.80 bits per heavy atom. The Morgan fingerprint density at radius 1 is 1.03 bits per heavy atom. The van der Waals surface area contributed by atoms with Gasteiger partial charge in [-0.25, -0.2) is 0 Å². The van der Waals surface area contributed by atoms with Gasteiger partial charge in [-0.3, -0.25) is 19.7 Å². The highest BCUT2D eigenvalue weighted by atomic mass is 35.5. The molecule has 2 amide bonds. The molecule has 182 valence electrons. The summed E-state index contributed by atoms with van der Waals surface area (Å²) < 4.78 is 16.4. The Labute approximate surface area is 205 Å². The van der Waals surface area contributed by atoms with E-state index in [4.69, 9.17) is 25.8 Å². The number of anilines is 1. The number of nitrogens with zero attached hydrogens (tertiary/aromatic N) is 1. The number of nitro benzene ring substituents is 1. The van der Waals surface area contributed by atoms with Crippen LogP contribution in [0.2, 0.25) is 5.02 Å². The van der Waals surface area contributed by atoms with Crippen molar-refractivity contribution in [3.63, 3.8) is 0 Å². The lowest BCUT2D eigenvalue weighted by molar-refractivity contribution is -0.385. The summed E-state index contributed by atoms with van der Waals surface area (Å²) >= 11 is 5.84. The minimum Gasteiger partial charge on any atom is -0.493 e. The van der Waals surface area contributed by atoms with E-state index in [1.54, 1.807) is 24.3 Å². The van der Waals surface area contributed by atoms with Crippen molar-refractivity contribution < 1.29 is 28.7 Å². The third-order valence-electron chi connectivity index (χ3n) is 4.60. The third kappa shape index (κ3) is 6.84. The van der Waals surface area contributed by atoms with Crippen LogP contribution in [-0.2, 0) is 4.79 Å². The van der Waals surface area contributed by atoms with Crippen LogP contribution in [-0.4, -0.2) is 37.0 Å². The van der Waals surface area contributed by atoms with Crippen LogP contribution < -0.4 is 24.8 Å². The summed E-state index contributed by atoms with van der Waals surface area (Å²) in [7, 11) is 1.38. The molecule has 0 fully saturated rings. The molecule has 0 bridgehead atoms. The Hall–Kier alpha value is -4.31. The predicted molar refractivity (Wildman–Crippen MR) is 130 cm³/mol. The Bertz CT molecular complexity index is 1250. The van der Waals surface area contributed by atoms with Gasteiger partial charge >= 0.3 is 5.69 Å². The fourth-order valence-electron chi connectivity index (χ4n) is 3.00. The number of halogens is 1. The molecular weight excluding hydrogens is 478 g/mol. The first-order valence-corrected chi connectivity index (χ1v) is 10.8. The second kappa shape index (κ2) is 11.7. The van der Waals surface area contributed by atoms with Gasteiger partial charge in [0, 0.05) is 35.0 Å². The van der Waals surface area contributed by atoms with Crippen LogP contribution in [0.25, 0.3) is 0 Å². The zero-order valence-corrected chi connectivity index (χ0v) is 19.6. The van der Waals surface area contributed by atoms with Gasteiger partial charge in [0.05, 0.1) is 12.0 Å². The Morgan fingerprint density at radius 3 is 2.51 bits per heavy atom. The number of ether oxygens (including phenoxy) is 3. The molecule has 35 heavy (non-hydrogen) atoms. The minimum atomic E-state index is -0.608. The second-order valence-corrected chi connectivity index (χ2v) is 7.50. The summed E-state index contributed by atoms with van der Waals surface area (Å²) in [6.07, 6.45) is 0. The highest BCUT2D eigenvalue weighted by Gasteiger charge is 2.19. The summed E-state index contributed by atoms with van der Waals surface area (Å²) in [6.45, 7) is 2.17. The van der Waals surface area contributed by atoms with E-state index < -0.39 is 10.8 Å². The summed E-state index contributed by atoms with van der Waals surface area (Å²) in [5.41, 5.74) is 0.406. The standard InChI is InChI=1S/C24H22ClN3O7/c1-3-26-23(29)14-34-18-6-4-5-17(13-18)27-24(30)15-7-9-21(22(11-15)33-2)35-20-10-8-16(25)12-19(20)28(31)32/h4-13H,3,14H2,1-2H3,(H,26,29)(H,27,30). The molecule has 11 heteroatoms. The maximum atomic E-state index is 12.8. The monoisotopic (exact) mass is 499 g/mol. The molecule has 2 N–H and O–H groups in total. The van der Waals surface area contributed by atoms with Gasteiger partial charge in [0.25, 0.3) is 11.8 Å². The molecule has 0 aliphatic carbocycles. The van der Waals surface area contributed by atoms with E-state index >= 15 is 0 Å². The smallest absolute Gasteiger partial charge is 0.313 e. The highest BCUT2D eigenvalue weighted by Crippen LogP contribution is 2.38. The van der Waals surface area contributed by atoms with Gasteiger partial charge in [-0.1, -0.05) is 17.7 Å². The Balaban J connectivity index is 1.74. The van der Waals surface area contributed by atoms with Crippen LogP contribution in [0.4, 0.5) is 11.4 Å². The topological polar surface area (TPSA) is 129 Å². The lowest BCUT2D eigenvalue weighted by Crippen LogP contribution is -2.28. The molecule has 0 heterocycles. The van der Waals surface area contributed by atoms with Crippen LogP contribution in [0, 0.1) is 10.1 Å². The maximum Gasteiger partial charge on any atom is 0.313 e. The average molecular weight is 500 g/mol. The molecule has 0 unspecified atom stereocenters. The number of nitrogens with one attached hydrogen (secondary N) is 2. The van der Waals surface area contributed by atoms with Crippen molar-refractivity contribution in [1.82, 2.24) is 5.32 Å². The second-order valence-electron chi connectivity index (χ2n) is 7.06. The first-order valence-electron chi connectivity index (χ1n) is 10.4. The molecule has 3 rings (SSSR count). The lowest BCUT2D eigenvalue weighted by Gasteiger charge is -2.13. The van der Waals surface area contributed by atoms with E-state index in [1.807, 2.05) is 6.92 Å². The number of methoxy groups -OCH3 is 1. The van der Waals surface area contributed by atoms with E-state index in [-0.39, 0.29) is 46.0 Å². The molecule has 3 aromatic carbocycles. The number of rotatable bonds is 10. The molecule has 0 radical (unpaired) electrons. The largest absolute Gasteiger partial charge is 0.493 e. The van der Waals surface area contributed by atoms with E-state index in [0.29, 0.717) is 18.0 Å². The van der Waals surface area contributed by atoms with Crippen molar-refractivity contribution in [2.24, 2.45) is 0 Å². The fourth-order valence-corrected chi connectivity index (χ4v) is 3.16. The van der Waals surface area contributed by atoms with Crippen molar-refractivity contribution in [2.45, 2.75) is 6.92 Å². The summed E-state index contributed by atoms with van der Waals surface area (Å²) in [5, 5.41) is 16.9. The molecule has 0 aromatic heterocycles. The van der Waals surface area contributed by atoms with Gasteiger partial charge < -0.3 is 24.8 Å². The SMILES string of the molecule is CCNC(=O)COc1cccc(NC(=O)c2ccc(Oc3ccc(Cl)cc3[N+](=O)[O-])c(OC)c2)c1. The number of hydrogen-bond donors (Lipinski definition) is 2. The van der Waals surface area contributed by atoms with E-state index in [1.165, 1.54) is 43.5 Å². The zero-order chi connectivity index (χ0) is 25.4. The Kier molecular flexibility index (Phi) is 8.47. The van der Waals surface area contributed by atoms with Crippen molar-refractivity contribution in [3.8, 4) is 23.0 Å². The van der Waals surface area contributed by atoms with E-state index in [0.717, 1.165) is 0 Å². The quantitative estimate of drug-likeness (QED) is 0.302. The molecule has 0 spiro atoms. The molecule has 0 saturated carbocycles. The first-order chi connectivity index (χ1) is 16.8. The number of hydrogen-bond acceptors (Lipinski definition) is 7. The molecule has 0 aliphatic rings. The van der Waals surface area contributed by atoms with Crippen LogP contribution in [0.5, 0.6) is 23.0 Å².